The van der Waals surface area contributed by atoms with E-state index in [1.165, 1.54) is 27.4 Å². The molecular formula is C13H16O5. The number of phenolic OH excluding ortho intramolecular Hbond substituents is 1. The van der Waals surface area contributed by atoms with Gasteiger partial charge in [0.05, 0.1) is 21.3 Å². The summed E-state index contributed by atoms with van der Waals surface area (Å²) in [6, 6.07) is 1.53. The van der Waals surface area contributed by atoms with Crippen LogP contribution in [0.15, 0.2) is 18.7 Å². The average molecular weight is 252 g/mol. The Morgan fingerprint density at radius 1 is 1.33 bits per heavy atom. The maximum absolute atomic E-state index is 11.6. The molecule has 5 heteroatoms. The third-order valence-corrected chi connectivity index (χ3v) is 2.51. The van der Waals surface area contributed by atoms with Crippen LogP contribution >= 0.6 is 0 Å². The van der Waals surface area contributed by atoms with Gasteiger partial charge >= 0.3 is 5.97 Å². The second-order valence-electron chi connectivity index (χ2n) is 3.47. The first kappa shape index (κ1) is 13.9. The van der Waals surface area contributed by atoms with Crippen molar-refractivity contribution in [1.82, 2.24) is 0 Å². The Kier molecular flexibility index (Phi) is 4.59. The zero-order valence-corrected chi connectivity index (χ0v) is 10.6. The molecule has 1 N–H and O–H groups in total. The summed E-state index contributed by atoms with van der Waals surface area (Å²) in [4.78, 5) is 11.6. The van der Waals surface area contributed by atoms with Gasteiger partial charge in [-0.15, -0.1) is 6.58 Å². The van der Waals surface area contributed by atoms with Crippen molar-refractivity contribution >= 4 is 5.97 Å². The van der Waals surface area contributed by atoms with Gasteiger partial charge in [0.25, 0.3) is 0 Å². The van der Waals surface area contributed by atoms with Crippen LogP contribution in [0.1, 0.15) is 15.9 Å². The molecule has 0 aliphatic rings. The van der Waals surface area contributed by atoms with Crippen LogP contribution in [0.5, 0.6) is 17.2 Å². The van der Waals surface area contributed by atoms with Gasteiger partial charge in [0.2, 0.25) is 0 Å². The van der Waals surface area contributed by atoms with E-state index < -0.39 is 5.97 Å². The van der Waals surface area contributed by atoms with E-state index in [0.717, 1.165) is 0 Å². The summed E-state index contributed by atoms with van der Waals surface area (Å²) in [6.45, 7) is 3.60. The standard InChI is InChI=1S/C13H16O5/c1-5-6-8-9(16-2)7-10(17-3)11(12(8)14)13(15)18-4/h5,7,14H,1,6H2,2-4H3. The van der Waals surface area contributed by atoms with Crippen molar-refractivity contribution in [2.45, 2.75) is 6.42 Å². The van der Waals surface area contributed by atoms with Gasteiger partial charge in [0.15, 0.2) is 0 Å². The number of hydrogen-bond donors (Lipinski definition) is 1. The third-order valence-electron chi connectivity index (χ3n) is 2.51. The third kappa shape index (κ3) is 2.40. The van der Waals surface area contributed by atoms with Crippen molar-refractivity contribution in [3.8, 4) is 17.2 Å². The van der Waals surface area contributed by atoms with Gasteiger partial charge in [-0.05, 0) is 6.42 Å². The number of rotatable bonds is 5. The molecule has 0 aliphatic carbocycles. The number of aromatic hydroxyl groups is 1. The summed E-state index contributed by atoms with van der Waals surface area (Å²) in [5.74, 6) is -0.254. The minimum Gasteiger partial charge on any atom is -0.506 e. The number of esters is 1. The number of phenols is 1. The summed E-state index contributed by atoms with van der Waals surface area (Å²) < 4.78 is 14.8. The predicted molar refractivity (Wildman–Crippen MR) is 66.5 cm³/mol. The van der Waals surface area contributed by atoms with Gasteiger partial charge in [-0.3, -0.25) is 0 Å². The molecule has 0 aliphatic heterocycles. The Bertz CT molecular complexity index is 465. The summed E-state index contributed by atoms with van der Waals surface area (Å²) >= 11 is 0. The van der Waals surface area contributed by atoms with Crippen LogP contribution in [0, 0.1) is 0 Å². The predicted octanol–water partition coefficient (Wildman–Crippen LogP) is 1.92. The first-order chi connectivity index (χ1) is 8.60. The average Bonchev–Trinajstić information content (AvgIpc) is 2.39. The number of carbonyl (C=O) groups excluding carboxylic acids is 1. The van der Waals surface area contributed by atoms with E-state index in [-0.39, 0.29) is 17.1 Å². The van der Waals surface area contributed by atoms with Crippen LogP contribution in [0.3, 0.4) is 0 Å². The molecule has 5 nitrogen and oxygen atoms in total. The smallest absolute Gasteiger partial charge is 0.345 e. The molecule has 98 valence electrons. The molecule has 18 heavy (non-hydrogen) atoms. The molecule has 0 radical (unpaired) electrons. The molecular weight excluding hydrogens is 236 g/mol. The molecule has 0 fully saturated rings. The number of ether oxygens (including phenoxy) is 3. The Labute approximate surface area is 106 Å². The van der Waals surface area contributed by atoms with E-state index in [1.807, 2.05) is 0 Å². The quantitative estimate of drug-likeness (QED) is 0.640. The molecule has 1 aromatic rings. The Morgan fingerprint density at radius 2 is 1.94 bits per heavy atom. The van der Waals surface area contributed by atoms with Crippen molar-refractivity contribution in [1.29, 1.82) is 0 Å². The minimum absolute atomic E-state index is 0.0161. The lowest BCUT2D eigenvalue weighted by Gasteiger charge is -2.15. The number of benzene rings is 1. The number of hydrogen-bond acceptors (Lipinski definition) is 5. The summed E-state index contributed by atoms with van der Waals surface area (Å²) in [5, 5.41) is 10.1. The molecule has 1 aromatic carbocycles. The molecule has 0 aromatic heterocycles. The number of methoxy groups -OCH3 is 3. The van der Waals surface area contributed by atoms with Crippen LogP contribution in [0.25, 0.3) is 0 Å². The highest BCUT2D eigenvalue weighted by atomic mass is 16.5. The van der Waals surface area contributed by atoms with Crippen molar-refractivity contribution in [3.05, 3.63) is 29.8 Å². The van der Waals surface area contributed by atoms with E-state index in [1.54, 1.807) is 6.08 Å². The van der Waals surface area contributed by atoms with Gasteiger partial charge in [0.1, 0.15) is 22.8 Å². The monoisotopic (exact) mass is 252 g/mol. The Morgan fingerprint density at radius 3 is 2.39 bits per heavy atom. The minimum atomic E-state index is -0.669. The fourth-order valence-electron chi connectivity index (χ4n) is 1.65. The van der Waals surface area contributed by atoms with Crippen molar-refractivity contribution in [2.75, 3.05) is 21.3 Å². The highest BCUT2D eigenvalue weighted by Gasteiger charge is 2.24. The van der Waals surface area contributed by atoms with Crippen LogP contribution in [-0.4, -0.2) is 32.4 Å². The summed E-state index contributed by atoms with van der Waals surface area (Å²) in [5.41, 5.74) is 0.450. The first-order valence-corrected chi connectivity index (χ1v) is 5.26. The van der Waals surface area contributed by atoms with Gasteiger partial charge in [-0.2, -0.15) is 0 Å². The first-order valence-electron chi connectivity index (χ1n) is 5.26. The molecule has 0 saturated carbocycles. The highest BCUT2D eigenvalue weighted by molar-refractivity contribution is 5.96. The van der Waals surface area contributed by atoms with E-state index in [4.69, 9.17) is 9.47 Å². The number of carbonyl (C=O) groups is 1. The molecule has 1 rings (SSSR count). The molecule has 0 spiro atoms. The zero-order chi connectivity index (χ0) is 13.7. The lowest BCUT2D eigenvalue weighted by molar-refractivity contribution is 0.0593. The topological polar surface area (TPSA) is 65.0 Å². The van der Waals surface area contributed by atoms with E-state index >= 15 is 0 Å². The molecule has 0 unspecified atom stereocenters. The second-order valence-corrected chi connectivity index (χ2v) is 3.47. The van der Waals surface area contributed by atoms with E-state index in [9.17, 15) is 9.90 Å². The van der Waals surface area contributed by atoms with Crippen LogP contribution in [-0.2, 0) is 11.2 Å². The molecule has 0 heterocycles. The SMILES string of the molecule is C=CCc1c(OC)cc(OC)c(C(=O)OC)c1O. The lowest BCUT2D eigenvalue weighted by Crippen LogP contribution is -2.07. The highest BCUT2D eigenvalue weighted by Crippen LogP contribution is 2.39. The molecule has 0 saturated heterocycles. The maximum atomic E-state index is 11.6. The second kappa shape index (κ2) is 5.95. The van der Waals surface area contributed by atoms with E-state index in [2.05, 4.69) is 11.3 Å². The molecule has 0 atom stereocenters. The van der Waals surface area contributed by atoms with Crippen molar-refractivity contribution < 1.29 is 24.1 Å². The van der Waals surface area contributed by atoms with Crippen LogP contribution < -0.4 is 9.47 Å². The fourth-order valence-corrected chi connectivity index (χ4v) is 1.65. The Hall–Kier alpha value is -2.17. The largest absolute Gasteiger partial charge is 0.506 e. The summed E-state index contributed by atoms with van der Waals surface area (Å²) in [6.07, 6.45) is 1.97. The molecule has 0 amide bonds. The van der Waals surface area contributed by atoms with Gasteiger partial charge < -0.3 is 19.3 Å². The molecule has 0 bridgehead atoms. The lowest BCUT2D eigenvalue weighted by atomic mass is 10.0. The van der Waals surface area contributed by atoms with Crippen molar-refractivity contribution in [3.63, 3.8) is 0 Å². The van der Waals surface area contributed by atoms with Gasteiger partial charge in [0, 0.05) is 11.6 Å². The maximum Gasteiger partial charge on any atom is 0.345 e. The Balaban J connectivity index is 3.53. The van der Waals surface area contributed by atoms with Crippen LogP contribution in [0.4, 0.5) is 0 Å². The van der Waals surface area contributed by atoms with E-state index in [0.29, 0.717) is 17.7 Å². The van der Waals surface area contributed by atoms with Gasteiger partial charge in [-0.25, -0.2) is 4.79 Å². The zero-order valence-electron chi connectivity index (χ0n) is 10.6. The van der Waals surface area contributed by atoms with Crippen LogP contribution in [0.2, 0.25) is 0 Å². The fraction of sp³-hybridized carbons (Fsp3) is 0.308. The van der Waals surface area contributed by atoms with Crippen molar-refractivity contribution in [2.24, 2.45) is 0 Å². The summed E-state index contributed by atoms with van der Waals surface area (Å²) in [7, 11) is 4.10. The number of allylic oxidation sites excluding steroid dienone is 1. The normalized spacial score (nSPS) is 9.72. The van der Waals surface area contributed by atoms with Gasteiger partial charge in [-0.1, -0.05) is 6.08 Å².